The lowest BCUT2D eigenvalue weighted by Gasteiger charge is -2.30. The standard InChI is InChI=1S/C16H27N3/c1-3-8-14-11-16(18-12-17-14)19-15(4-2)13-9-6-5-7-10-13/h11-13,15H,3-10H2,1-2H3,(H,17,18,19). The molecule has 1 aliphatic carbocycles. The molecule has 1 atom stereocenters. The Labute approximate surface area is 117 Å². The molecule has 1 aromatic heterocycles. The Bertz CT molecular complexity index is 372. The van der Waals surface area contributed by atoms with E-state index in [0.29, 0.717) is 6.04 Å². The molecule has 0 bridgehead atoms. The van der Waals surface area contributed by atoms with E-state index < -0.39 is 0 Å². The first kappa shape index (κ1) is 14.3. The quantitative estimate of drug-likeness (QED) is 0.834. The van der Waals surface area contributed by atoms with Crippen molar-refractivity contribution in [3.63, 3.8) is 0 Å². The van der Waals surface area contributed by atoms with Crippen molar-refractivity contribution in [2.75, 3.05) is 5.32 Å². The minimum atomic E-state index is 0.574. The molecule has 1 aromatic rings. The van der Waals surface area contributed by atoms with Gasteiger partial charge in [0, 0.05) is 17.8 Å². The Morgan fingerprint density at radius 2 is 2.00 bits per heavy atom. The lowest BCUT2D eigenvalue weighted by molar-refractivity contribution is 0.312. The minimum Gasteiger partial charge on any atom is -0.367 e. The van der Waals surface area contributed by atoms with Crippen LogP contribution < -0.4 is 5.32 Å². The maximum absolute atomic E-state index is 4.38. The third kappa shape index (κ3) is 4.19. The average Bonchev–Trinajstić information content (AvgIpc) is 2.46. The van der Waals surface area contributed by atoms with Gasteiger partial charge in [-0.1, -0.05) is 39.5 Å². The smallest absolute Gasteiger partial charge is 0.129 e. The molecule has 106 valence electrons. The van der Waals surface area contributed by atoms with Crippen LogP contribution >= 0.6 is 0 Å². The van der Waals surface area contributed by atoms with Gasteiger partial charge in [-0.15, -0.1) is 0 Å². The van der Waals surface area contributed by atoms with E-state index in [4.69, 9.17) is 0 Å². The molecule has 1 N–H and O–H groups in total. The fourth-order valence-corrected chi connectivity index (χ4v) is 3.15. The Hall–Kier alpha value is -1.12. The average molecular weight is 261 g/mol. The van der Waals surface area contributed by atoms with Crippen LogP contribution in [0.4, 0.5) is 5.82 Å². The molecule has 3 heteroatoms. The van der Waals surface area contributed by atoms with Gasteiger partial charge in [0.15, 0.2) is 0 Å². The van der Waals surface area contributed by atoms with Crippen molar-refractivity contribution < 1.29 is 0 Å². The molecule has 3 nitrogen and oxygen atoms in total. The van der Waals surface area contributed by atoms with E-state index in [-0.39, 0.29) is 0 Å². The van der Waals surface area contributed by atoms with Crippen LogP contribution in [0.15, 0.2) is 12.4 Å². The van der Waals surface area contributed by atoms with Crippen molar-refractivity contribution in [1.82, 2.24) is 9.97 Å². The van der Waals surface area contributed by atoms with Gasteiger partial charge in [0.05, 0.1) is 0 Å². The number of anilines is 1. The van der Waals surface area contributed by atoms with Gasteiger partial charge in [-0.2, -0.15) is 0 Å². The number of nitrogens with one attached hydrogen (secondary N) is 1. The third-order valence-corrected chi connectivity index (χ3v) is 4.22. The van der Waals surface area contributed by atoms with Gasteiger partial charge in [-0.25, -0.2) is 9.97 Å². The summed E-state index contributed by atoms with van der Waals surface area (Å²) < 4.78 is 0. The Balaban J connectivity index is 1.98. The molecule has 0 aromatic carbocycles. The highest BCUT2D eigenvalue weighted by Gasteiger charge is 2.22. The zero-order chi connectivity index (χ0) is 13.5. The molecule has 1 unspecified atom stereocenters. The van der Waals surface area contributed by atoms with E-state index >= 15 is 0 Å². The second kappa shape index (κ2) is 7.46. The maximum Gasteiger partial charge on any atom is 0.129 e. The van der Waals surface area contributed by atoms with E-state index in [0.717, 1.165) is 30.3 Å². The number of hydrogen-bond acceptors (Lipinski definition) is 3. The molecular weight excluding hydrogens is 234 g/mol. The minimum absolute atomic E-state index is 0.574. The highest BCUT2D eigenvalue weighted by Crippen LogP contribution is 2.29. The molecule has 19 heavy (non-hydrogen) atoms. The van der Waals surface area contributed by atoms with Gasteiger partial charge in [0.1, 0.15) is 12.1 Å². The van der Waals surface area contributed by atoms with Crippen molar-refractivity contribution in [2.24, 2.45) is 5.92 Å². The molecule has 0 saturated heterocycles. The van der Waals surface area contributed by atoms with Crippen molar-refractivity contribution in [3.05, 3.63) is 18.1 Å². The first-order valence-electron chi connectivity index (χ1n) is 7.91. The van der Waals surface area contributed by atoms with Gasteiger partial charge >= 0.3 is 0 Å². The molecule has 1 fully saturated rings. The fourth-order valence-electron chi connectivity index (χ4n) is 3.15. The van der Waals surface area contributed by atoms with Crippen LogP contribution in [0.3, 0.4) is 0 Å². The zero-order valence-electron chi connectivity index (χ0n) is 12.4. The summed E-state index contributed by atoms with van der Waals surface area (Å²) >= 11 is 0. The maximum atomic E-state index is 4.38. The second-order valence-corrected chi connectivity index (χ2v) is 5.70. The van der Waals surface area contributed by atoms with Crippen molar-refractivity contribution >= 4 is 5.82 Å². The second-order valence-electron chi connectivity index (χ2n) is 5.70. The van der Waals surface area contributed by atoms with E-state index in [1.54, 1.807) is 6.33 Å². The van der Waals surface area contributed by atoms with E-state index in [1.807, 2.05) is 0 Å². The summed E-state index contributed by atoms with van der Waals surface area (Å²) in [7, 11) is 0. The lowest BCUT2D eigenvalue weighted by atomic mass is 9.83. The van der Waals surface area contributed by atoms with Crippen LogP contribution in [0.1, 0.15) is 64.5 Å². The predicted molar refractivity (Wildman–Crippen MR) is 80.3 cm³/mol. The predicted octanol–water partition coefficient (Wildman–Crippen LogP) is 4.20. The molecule has 0 amide bonds. The van der Waals surface area contributed by atoms with E-state index in [1.165, 1.54) is 38.5 Å². The summed E-state index contributed by atoms with van der Waals surface area (Å²) in [5.41, 5.74) is 1.15. The van der Waals surface area contributed by atoms with Gasteiger partial charge in [-0.05, 0) is 31.6 Å². The van der Waals surface area contributed by atoms with Crippen LogP contribution in [0.5, 0.6) is 0 Å². The summed E-state index contributed by atoms with van der Waals surface area (Å²) in [5.74, 6) is 1.83. The van der Waals surface area contributed by atoms with Crippen LogP contribution in [0.2, 0.25) is 0 Å². The molecule has 0 radical (unpaired) electrons. The first-order chi connectivity index (χ1) is 9.33. The normalized spacial score (nSPS) is 18.2. The summed E-state index contributed by atoms with van der Waals surface area (Å²) in [6, 6.07) is 2.69. The highest BCUT2D eigenvalue weighted by molar-refractivity contribution is 5.36. The van der Waals surface area contributed by atoms with Crippen LogP contribution in [-0.4, -0.2) is 16.0 Å². The first-order valence-corrected chi connectivity index (χ1v) is 7.91. The third-order valence-electron chi connectivity index (χ3n) is 4.22. The lowest BCUT2D eigenvalue weighted by Crippen LogP contribution is -2.30. The van der Waals surface area contributed by atoms with Gasteiger partial charge in [-0.3, -0.25) is 0 Å². The van der Waals surface area contributed by atoms with Crippen LogP contribution in [0.25, 0.3) is 0 Å². The fraction of sp³-hybridized carbons (Fsp3) is 0.750. The number of rotatable bonds is 6. The molecule has 2 rings (SSSR count). The largest absolute Gasteiger partial charge is 0.367 e. The summed E-state index contributed by atoms with van der Waals surface area (Å²) in [6.07, 6.45) is 12.0. The molecule has 1 saturated carbocycles. The van der Waals surface area contributed by atoms with Gasteiger partial charge in [0.2, 0.25) is 0 Å². The molecule has 0 spiro atoms. The number of nitrogens with zero attached hydrogens (tertiary/aromatic N) is 2. The Kier molecular flexibility index (Phi) is 5.62. The van der Waals surface area contributed by atoms with Crippen LogP contribution in [0, 0.1) is 5.92 Å². The molecule has 0 aliphatic heterocycles. The van der Waals surface area contributed by atoms with Crippen molar-refractivity contribution in [3.8, 4) is 0 Å². The van der Waals surface area contributed by atoms with Gasteiger partial charge < -0.3 is 5.32 Å². The zero-order valence-corrected chi connectivity index (χ0v) is 12.4. The number of aromatic nitrogens is 2. The van der Waals surface area contributed by atoms with Crippen molar-refractivity contribution in [1.29, 1.82) is 0 Å². The van der Waals surface area contributed by atoms with E-state index in [9.17, 15) is 0 Å². The van der Waals surface area contributed by atoms with Gasteiger partial charge in [0.25, 0.3) is 0 Å². The van der Waals surface area contributed by atoms with E-state index in [2.05, 4.69) is 35.2 Å². The highest BCUT2D eigenvalue weighted by atomic mass is 15.0. The van der Waals surface area contributed by atoms with Crippen LogP contribution in [-0.2, 0) is 6.42 Å². The molecule has 1 aliphatic rings. The summed E-state index contributed by atoms with van der Waals surface area (Å²) in [5, 5.41) is 3.65. The SMILES string of the molecule is CCCc1cc(NC(CC)C2CCCCC2)ncn1. The molecular formula is C16H27N3. The number of aryl methyl sites for hydroxylation is 1. The Morgan fingerprint density at radius 3 is 2.68 bits per heavy atom. The molecule has 1 heterocycles. The topological polar surface area (TPSA) is 37.8 Å². The Morgan fingerprint density at radius 1 is 1.21 bits per heavy atom. The monoisotopic (exact) mass is 261 g/mol. The number of hydrogen-bond donors (Lipinski definition) is 1. The summed E-state index contributed by atoms with van der Waals surface area (Å²) in [4.78, 5) is 8.71. The summed E-state index contributed by atoms with van der Waals surface area (Å²) in [6.45, 7) is 4.46. The van der Waals surface area contributed by atoms with Crippen molar-refractivity contribution in [2.45, 2.75) is 71.3 Å².